The smallest absolute Gasteiger partial charge is 0.408 e. The number of oxazole rings is 1. The maximum atomic E-state index is 13.2. The number of piperazine rings is 1. The number of carbonyl (C=O) groups excluding carboxylic acids is 1. The summed E-state index contributed by atoms with van der Waals surface area (Å²) in [5, 5.41) is 0. The van der Waals surface area contributed by atoms with Gasteiger partial charge in [-0.1, -0.05) is 18.2 Å². The van der Waals surface area contributed by atoms with Crippen molar-refractivity contribution < 1.29 is 17.6 Å². The Morgan fingerprint density at radius 1 is 0.938 bits per heavy atom. The van der Waals surface area contributed by atoms with E-state index in [0.29, 0.717) is 16.0 Å². The predicted molar refractivity (Wildman–Crippen MR) is 119 cm³/mol. The van der Waals surface area contributed by atoms with Crippen LogP contribution in [0.5, 0.6) is 0 Å². The summed E-state index contributed by atoms with van der Waals surface area (Å²) >= 11 is 0. The Labute approximate surface area is 186 Å². The third kappa shape index (κ3) is 3.75. The Bertz CT molecular complexity index is 1330. The van der Waals surface area contributed by atoms with Crippen LogP contribution in [-0.2, 0) is 34.2 Å². The number of benzene rings is 2. The minimum absolute atomic E-state index is 0.132. The van der Waals surface area contributed by atoms with Crippen molar-refractivity contribution >= 4 is 27.0 Å². The Kier molecular flexibility index (Phi) is 5.38. The van der Waals surface area contributed by atoms with Gasteiger partial charge in [-0.3, -0.25) is 9.36 Å². The first-order valence-corrected chi connectivity index (χ1v) is 12.4. The van der Waals surface area contributed by atoms with Crippen LogP contribution in [0, 0.1) is 0 Å². The summed E-state index contributed by atoms with van der Waals surface area (Å²) in [5.74, 6) is -0.808. The molecule has 5 rings (SSSR count). The molecule has 1 fully saturated rings. The third-order valence-electron chi connectivity index (χ3n) is 6.42. The van der Waals surface area contributed by atoms with E-state index in [2.05, 4.69) is 0 Å². The molecule has 0 saturated carbocycles. The number of sulfonamides is 1. The molecule has 0 atom stereocenters. The summed E-state index contributed by atoms with van der Waals surface area (Å²) < 4.78 is 34.3. The summed E-state index contributed by atoms with van der Waals surface area (Å²) in [7, 11) is -3.60. The molecule has 1 saturated heterocycles. The zero-order valence-electron chi connectivity index (χ0n) is 17.7. The molecule has 2 aromatic carbocycles. The maximum absolute atomic E-state index is 13.2. The van der Waals surface area contributed by atoms with Gasteiger partial charge in [-0.05, 0) is 61.1 Å². The molecule has 1 aromatic heterocycles. The van der Waals surface area contributed by atoms with Crippen molar-refractivity contribution in [1.29, 1.82) is 0 Å². The average molecular weight is 456 g/mol. The van der Waals surface area contributed by atoms with E-state index in [1.807, 2.05) is 12.1 Å². The molecule has 8 nitrogen and oxygen atoms in total. The Morgan fingerprint density at radius 3 is 2.44 bits per heavy atom. The number of hydrogen-bond donors (Lipinski definition) is 0. The standard InChI is InChI=1S/C23H25N3O5S/c27-22(16-26-20-7-3-4-8-21(20)31-23(26)28)24-11-13-25(14-12-24)32(29,30)19-10-9-17-5-1-2-6-18(17)15-19/h3-4,7-10,15H,1-2,5-6,11-14,16H2. The number of amides is 1. The first-order valence-electron chi connectivity index (χ1n) is 10.9. The Morgan fingerprint density at radius 2 is 1.66 bits per heavy atom. The van der Waals surface area contributed by atoms with E-state index < -0.39 is 15.8 Å². The summed E-state index contributed by atoms with van der Waals surface area (Å²) in [6, 6.07) is 12.4. The molecular formula is C23H25N3O5S. The summed E-state index contributed by atoms with van der Waals surface area (Å²) in [5.41, 5.74) is 3.38. The molecule has 2 aliphatic rings. The lowest BCUT2D eigenvalue weighted by Crippen LogP contribution is -2.51. The molecule has 2 heterocycles. The van der Waals surface area contributed by atoms with Crippen molar-refractivity contribution in [3.63, 3.8) is 0 Å². The minimum atomic E-state index is -3.60. The first-order chi connectivity index (χ1) is 15.4. The van der Waals surface area contributed by atoms with Gasteiger partial charge >= 0.3 is 5.76 Å². The molecule has 1 aliphatic carbocycles. The molecule has 0 spiro atoms. The zero-order chi connectivity index (χ0) is 22.3. The van der Waals surface area contributed by atoms with Crippen molar-refractivity contribution in [2.24, 2.45) is 0 Å². The highest BCUT2D eigenvalue weighted by molar-refractivity contribution is 7.89. The Balaban J connectivity index is 1.27. The van der Waals surface area contributed by atoms with Crippen LogP contribution in [0.25, 0.3) is 11.1 Å². The molecule has 168 valence electrons. The van der Waals surface area contributed by atoms with E-state index in [-0.39, 0.29) is 38.6 Å². The summed E-state index contributed by atoms with van der Waals surface area (Å²) in [6.45, 7) is 0.896. The summed E-state index contributed by atoms with van der Waals surface area (Å²) in [4.78, 5) is 26.9. The highest BCUT2D eigenvalue weighted by Gasteiger charge is 2.31. The van der Waals surface area contributed by atoms with Crippen molar-refractivity contribution in [2.45, 2.75) is 37.1 Å². The van der Waals surface area contributed by atoms with Crippen LogP contribution in [0.3, 0.4) is 0 Å². The molecule has 0 unspecified atom stereocenters. The third-order valence-corrected chi connectivity index (χ3v) is 8.31. The number of aryl methyl sites for hydroxylation is 2. The van der Waals surface area contributed by atoms with Crippen LogP contribution in [0.15, 0.2) is 56.6 Å². The lowest BCUT2D eigenvalue weighted by molar-refractivity contribution is -0.133. The number of hydrogen-bond acceptors (Lipinski definition) is 5. The van der Waals surface area contributed by atoms with Crippen molar-refractivity contribution in [3.8, 4) is 0 Å². The molecule has 9 heteroatoms. The van der Waals surface area contributed by atoms with Gasteiger partial charge in [0.25, 0.3) is 0 Å². The van der Waals surface area contributed by atoms with Gasteiger partial charge in [0.15, 0.2) is 5.58 Å². The lowest BCUT2D eigenvalue weighted by Gasteiger charge is -2.34. The monoisotopic (exact) mass is 455 g/mol. The van der Waals surface area contributed by atoms with Gasteiger partial charge in [0.2, 0.25) is 15.9 Å². The average Bonchev–Trinajstić information content (AvgIpc) is 3.13. The van der Waals surface area contributed by atoms with Gasteiger partial charge in [0, 0.05) is 26.2 Å². The highest BCUT2D eigenvalue weighted by Crippen LogP contribution is 2.26. The molecule has 1 aliphatic heterocycles. The van der Waals surface area contributed by atoms with Gasteiger partial charge in [0.05, 0.1) is 10.4 Å². The predicted octanol–water partition coefficient (Wildman–Crippen LogP) is 2.01. The highest BCUT2D eigenvalue weighted by atomic mass is 32.2. The number of fused-ring (bicyclic) bond motifs is 2. The van der Waals surface area contributed by atoms with Crippen LogP contribution in [0.4, 0.5) is 0 Å². The molecule has 32 heavy (non-hydrogen) atoms. The fourth-order valence-electron chi connectivity index (χ4n) is 4.60. The van der Waals surface area contributed by atoms with Crippen LogP contribution in [0.1, 0.15) is 24.0 Å². The van der Waals surface area contributed by atoms with E-state index in [9.17, 15) is 18.0 Å². The second-order valence-electron chi connectivity index (χ2n) is 8.34. The van der Waals surface area contributed by atoms with E-state index >= 15 is 0 Å². The molecule has 0 radical (unpaired) electrons. The SMILES string of the molecule is O=C(Cn1c(=O)oc2ccccc21)N1CCN(S(=O)(=O)c2ccc3c(c2)CCCC3)CC1. The van der Waals surface area contributed by atoms with Gasteiger partial charge in [-0.25, -0.2) is 13.2 Å². The number of rotatable bonds is 4. The minimum Gasteiger partial charge on any atom is -0.408 e. The normalized spacial score (nSPS) is 17.4. The topological polar surface area (TPSA) is 92.8 Å². The maximum Gasteiger partial charge on any atom is 0.420 e. The van der Waals surface area contributed by atoms with Gasteiger partial charge < -0.3 is 9.32 Å². The second kappa shape index (κ2) is 8.22. The lowest BCUT2D eigenvalue weighted by atomic mass is 9.92. The van der Waals surface area contributed by atoms with Crippen LogP contribution < -0.4 is 5.76 Å². The number of para-hydroxylation sites is 2. The number of aromatic nitrogens is 1. The fourth-order valence-corrected chi connectivity index (χ4v) is 6.07. The zero-order valence-corrected chi connectivity index (χ0v) is 18.5. The quantitative estimate of drug-likeness (QED) is 0.600. The van der Waals surface area contributed by atoms with Crippen LogP contribution in [0.2, 0.25) is 0 Å². The fraction of sp³-hybridized carbons (Fsp3) is 0.391. The molecule has 3 aromatic rings. The summed E-state index contributed by atoms with van der Waals surface area (Å²) in [6.07, 6.45) is 4.16. The molecular weight excluding hydrogens is 430 g/mol. The number of carbonyl (C=O) groups is 1. The van der Waals surface area contributed by atoms with E-state index in [1.54, 1.807) is 35.2 Å². The first kappa shape index (κ1) is 21.0. The van der Waals surface area contributed by atoms with Crippen molar-refractivity contribution in [3.05, 3.63) is 64.1 Å². The molecule has 0 N–H and O–H groups in total. The van der Waals surface area contributed by atoms with Gasteiger partial charge in [-0.2, -0.15) is 4.31 Å². The van der Waals surface area contributed by atoms with E-state index in [1.165, 1.54) is 14.4 Å². The van der Waals surface area contributed by atoms with E-state index in [0.717, 1.165) is 31.2 Å². The van der Waals surface area contributed by atoms with E-state index in [4.69, 9.17) is 4.42 Å². The van der Waals surface area contributed by atoms with Crippen LogP contribution in [-0.4, -0.2) is 54.3 Å². The molecule has 0 bridgehead atoms. The molecule has 1 amide bonds. The second-order valence-corrected chi connectivity index (χ2v) is 10.3. The number of nitrogens with zero attached hydrogens (tertiary/aromatic N) is 3. The largest absolute Gasteiger partial charge is 0.420 e. The van der Waals surface area contributed by atoms with Crippen molar-refractivity contribution in [2.75, 3.05) is 26.2 Å². The Hall–Kier alpha value is -2.91. The van der Waals surface area contributed by atoms with Crippen molar-refractivity contribution in [1.82, 2.24) is 13.8 Å². The van der Waals surface area contributed by atoms with Gasteiger partial charge in [-0.15, -0.1) is 0 Å². The van der Waals surface area contributed by atoms with Gasteiger partial charge in [0.1, 0.15) is 6.54 Å². The van der Waals surface area contributed by atoms with Crippen LogP contribution >= 0.6 is 0 Å².